The Kier molecular flexibility index (Phi) is 4.78. The summed E-state index contributed by atoms with van der Waals surface area (Å²) in [4.78, 5) is 17.6. The van der Waals surface area contributed by atoms with Crippen molar-refractivity contribution in [2.45, 2.75) is 44.5 Å². The minimum Gasteiger partial charge on any atom is -0.391 e. The van der Waals surface area contributed by atoms with Gasteiger partial charge in [0.15, 0.2) is 0 Å². The van der Waals surface area contributed by atoms with Crippen LogP contribution in [0.2, 0.25) is 0 Å². The second-order valence-corrected chi connectivity index (χ2v) is 7.49. The van der Waals surface area contributed by atoms with Gasteiger partial charge in [-0.2, -0.15) is 0 Å². The Morgan fingerprint density at radius 3 is 3.04 bits per heavy atom. The standard InChI is InChI=1S/C18H27N7O/c1-23(2)10-13-6-15(26)11-25(13)18-7-16(21-12-22-18)19-8-14-9-20-17-4-3-5-24(14)17/h7,9,12-13,15,26H,3-6,8,10-11H2,1-2H3,(H,19,21,22)/t13-,15-/m1/s1. The number of fused-ring (bicyclic) bond motifs is 1. The Bertz CT molecular complexity index is 760. The monoisotopic (exact) mass is 357 g/mol. The van der Waals surface area contributed by atoms with E-state index in [1.807, 2.05) is 12.3 Å². The van der Waals surface area contributed by atoms with Crippen molar-refractivity contribution in [3.8, 4) is 0 Å². The van der Waals surface area contributed by atoms with Gasteiger partial charge in [-0.1, -0.05) is 0 Å². The third-order valence-corrected chi connectivity index (χ3v) is 5.17. The second kappa shape index (κ2) is 7.20. The lowest BCUT2D eigenvalue weighted by atomic mass is 10.2. The molecule has 2 N–H and O–H groups in total. The molecule has 140 valence electrons. The largest absolute Gasteiger partial charge is 0.391 e. The first-order valence-electron chi connectivity index (χ1n) is 9.29. The maximum Gasteiger partial charge on any atom is 0.134 e. The highest BCUT2D eigenvalue weighted by Crippen LogP contribution is 2.26. The van der Waals surface area contributed by atoms with Crippen molar-refractivity contribution >= 4 is 11.6 Å². The Balaban J connectivity index is 1.46. The lowest BCUT2D eigenvalue weighted by Crippen LogP contribution is -2.38. The summed E-state index contributed by atoms with van der Waals surface area (Å²) in [6.07, 6.45) is 6.26. The predicted octanol–water partition coefficient (Wildman–Crippen LogP) is 0.733. The molecule has 2 aliphatic rings. The number of hydrogen-bond acceptors (Lipinski definition) is 7. The number of aryl methyl sites for hydroxylation is 1. The number of β-amino-alcohol motifs (C(OH)–C–C–N with tert-alkyl or cyclic N) is 1. The van der Waals surface area contributed by atoms with Gasteiger partial charge in [-0.25, -0.2) is 15.0 Å². The zero-order valence-corrected chi connectivity index (χ0v) is 15.5. The van der Waals surface area contributed by atoms with E-state index in [2.05, 4.69) is 48.7 Å². The van der Waals surface area contributed by atoms with Crippen LogP contribution in [0, 0.1) is 0 Å². The fraction of sp³-hybridized carbons (Fsp3) is 0.611. The van der Waals surface area contributed by atoms with Gasteiger partial charge in [-0.15, -0.1) is 0 Å². The molecule has 8 nitrogen and oxygen atoms in total. The lowest BCUT2D eigenvalue weighted by Gasteiger charge is -2.27. The number of nitrogens with one attached hydrogen (secondary N) is 1. The molecule has 0 spiro atoms. The summed E-state index contributed by atoms with van der Waals surface area (Å²) in [7, 11) is 4.11. The van der Waals surface area contributed by atoms with Gasteiger partial charge in [0.25, 0.3) is 0 Å². The van der Waals surface area contributed by atoms with Crippen LogP contribution in [0.15, 0.2) is 18.6 Å². The highest BCUT2D eigenvalue weighted by molar-refractivity contribution is 5.50. The summed E-state index contributed by atoms with van der Waals surface area (Å²) in [6.45, 7) is 3.27. The number of aromatic nitrogens is 4. The summed E-state index contributed by atoms with van der Waals surface area (Å²) in [6, 6.07) is 2.24. The minimum absolute atomic E-state index is 0.265. The van der Waals surface area contributed by atoms with E-state index >= 15 is 0 Å². The zero-order chi connectivity index (χ0) is 18.1. The Hall–Kier alpha value is -2.19. The number of aliphatic hydroxyl groups is 1. The van der Waals surface area contributed by atoms with Crippen LogP contribution in [0.3, 0.4) is 0 Å². The smallest absolute Gasteiger partial charge is 0.134 e. The molecular weight excluding hydrogens is 330 g/mol. The number of likely N-dealkylation sites (N-methyl/N-ethyl adjacent to an activating group) is 1. The highest BCUT2D eigenvalue weighted by atomic mass is 16.3. The third-order valence-electron chi connectivity index (χ3n) is 5.17. The van der Waals surface area contributed by atoms with Gasteiger partial charge in [0.2, 0.25) is 0 Å². The van der Waals surface area contributed by atoms with E-state index in [9.17, 15) is 5.11 Å². The number of hydrogen-bond donors (Lipinski definition) is 2. The fourth-order valence-corrected chi connectivity index (χ4v) is 4.01. The molecule has 4 rings (SSSR count). The van der Waals surface area contributed by atoms with Gasteiger partial charge >= 0.3 is 0 Å². The average molecular weight is 357 g/mol. The van der Waals surface area contributed by atoms with Crippen LogP contribution in [0.4, 0.5) is 11.6 Å². The lowest BCUT2D eigenvalue weighted by molar-refractivity contribution is 0.191. The van der Waals surface area contributed by atoms with Crippen LogP contribution in [-0.4, -0.2) is 68.9 Å². The molecule has 0 saturated carbocycles. The molecule has 0 amide bonds. The molecule has 2 aliphatic heterocycles. The fourth-order valence-electron chi connectivity index (χ4n) is 4.01. The number of imidazole rings is 1. The SMILES string of the molecule is CN(C)C[C@H]1C[C@@H](O)CN1c1cc(NCc2cnc3n2CCC3)ncn1. The summed E-state index contributed by atoms with van der Waals surface area (Å²) >= 11 is 0. The van der Waals surface area contributed by atoms with Crippen molar-refractivity contribution in [3.63, 3.8) is 0 Å². The molecule has 2 aromatic heterocycles. The summed E-state index contributed by atoms with van der Waals surface area (Å²) in [5.41, 5.74) is 1.19. The van der Waals surface area contributed by atoms with Crippen molar-refractivity contribution in [1.82, 2.24) is 24.4 Å². The first kappa shape index (κ1) is 17.2. The average Bonchev–Trinajstić information content (AvgIpc) is 3.29. The van der Waals surface area contributed by atoms with Crippen LogP contribution < -0.4 is 10.2 Å². The molecule has 0 aromatic carbocycles. The summed E-state index contributed by atoms with van der Waals surface area (Å²) in [5.74, 6) is 2.85. The van der Waals surface area contributed by atoms with E-state index < -0.39 is 0 Å². The molecule has 0 aliphatic carbocycles. The maximum atomic E-state index is 10.1. The molecule has 2 aromatic rings. The van der Waals surface area contributed by atoms with Crippen molar-refractivity contribution in [2.24, 2.45) is 0 Å². The second-order valence-electron chi connectivity index (χ2n) is 7.49. The van der Waals surface area contributed by atoms with E-state index in [4.69, 9.17) is 0 Å². The number of nitrogens with zero attached hydrogens (tertiary/aromatic N) is 6. The van der Waals surface area contributed by atoms with E-state index in [-0.39, 0.29) is 12.1 Å². The van der Waals surface area contributed by atoms with E-state index in [0.717, 1.165) is 37.6 Å². The van der Waals surface area contributed by atoms with E-state index in [1.54, 1.807) is 6.33 Å². The van der Waals surface area contributed by atoms with Crippen LogP contribution >= 0.6 is 0 Å². The molecule has 26 heavy (non-hydrogen) atoms. The number of anilines is 2. The molecule has 8 heteroatoms. The molecule has 4 heterocycles. The molecule has 0 radical (unpaired) electrons. The molecule has 2 atom stereocenters. The number of rotatable bonds is 6. The predicted molar refractivity (Wildman–Crippen MR) is 100 cm³/mol. The van der Waals surface area contributed by atoms with Gasteiger partial charge in [-0.05, 0) is 26.9 Å². The Morgan fingerprint density at radius 2 is 2.19 bits per heavy atom. The number of aliphatic hydroxyl groups excluding tert-OH is 1. The van der Waals surface area contributed by atoms with Gasteiger partial charge < -0.3 is 24.8 Å². The highest BCUT2D eigenvalue weighted by Gasteiger charge is 2.32. The maximum absolute atomic E-state index is 10.1. The molecule has 0 unspecified atom stereocenters. The molecule has 1 saturated heterocycles. The van der Waals surface area contributed by atoms with Gasteiger partial charge in [-0.3, -0.25) is 0 Å². The molecule has 0 bridgehead atoms. The van der Waals surface area contributed by atoms with Crippen LogP contribution in [0.25, 0.3) is 0 Å². The summed E-state index contributed by atoms with van der Waals surface area (Å²) < 4.78 is 2.29. The quantitative estimate of drug-likeness (QED) is 0.789. The van der Waals surface area contributed by atoms with Gasteiger partial charge in [0, 0.05) is 38.2 Å². The first-order valence-corrected chi connectivity index (χ1v) is 9.29. The zero-order valence-electron chi connectivity index (χ0n) is 15.5. The van der Waals surface area contributed by atoms with Gasteiger partial charge in [0.05, 0.1) is 24.5 Å². The van der Waals surface area contributed by atoms with Gasteiger partial charge in [0.1, 0.15) is 23.8 Å². The molecular formula is C18H27N7O. The topological polar surface area (TPSA) is 82.3 Å². The van der Waals surface area contributed by atoms with E-state index in [0.29, 0.717) is 13.1 Å². The summed E-state index contributed by atoms with van der Waals surface area (Å²) in [5, 5.41) is 13.5. The Morgan fingerprint density at radius 1 is 1.31 bits per heavy atom. The van der Waals surface area contributed by atoms with Crippen LogP contribution in [0.5, 0.6) is 0 Å². The first-order chi connectivity index (χ1) is 12.6. The van der Waals surface area contributed by atoms with Crippen LogP contribution in [0.1, 0.15) is 24.4 Å². The third kappa shape index (κ3) is 3.52. The molecule has 1 fully saturated rings. The van der Waals surface area contributed by atoms with Crippen molar-refractivity contribution in [3.05, 3.63) is 30.1 Å². The van der Waals surface area contributed by atoms with Crippen molar-refractivity contribution < 1.29 is 5.11 Å². The van der Waals surface area contributed by atoms with Crippen LogP contribution in [-0.2, 0) is 19.5 Å². The minimum atomic E-state index is -0.305. The normalized spacial score (nSPS) is 22.2. The van der Waals surface area contributed by atoms with Crippen molar-refractivity contribution in [1.29, 1.82) is 0 Å². The van der Waals surface area contributed by atoms with E-state index in [1.165, 1.54) is 17.9 Å². The van der Waals surface area contributed by atoms with Crippen molar-refractivity contribution in [2.75, 3.05) is 37.4 Å². The Labute approximate surface area is 153 Å².